The van der Waals surface area contributed by atoms with E-state index < -0.39 is 0 Å². The molecule has 1 aliphatic rings. The van der Waals surface area contributed by atoms with Gasteiger partial charge in [0.2, 0.25) is 0 Å². The molecule has 1 saturated heterocycles. The minimum Gasteiger partial charge on any atom is -0.397 e. The average Bonchev–Trinajstić information content (AvgIpc) is 3.09. The molecule has 1 heterocycles. The summed E-state index contributed by atoms with van der Waals surface area (Å²) in [6.07, 6.45) is -0.215. The van der Waals surface area contributed by atoms with Gasteiger partial charge in [-0.2, -0.15) is 0 Å². The van der Waals surface area contributed by atoms with Crippen molar-refractivity contribution in [1.29, 1.82) is 0 Å². The molecule has 3 aromatic carbocycles. The lowest BCUT2D eigenvalue weighted by Gasteiger charge is -2.19. The van der Waals surface area contributed by atoms with Gasteiger partial charge in [-0.1, -0.05) is 91.0 Å². The van der Waals surface area contributed by atoms with Crippen LogP contribution in [0.5, 0.6) is 0 Å². The fraction of sp³-hybridized carbons (Fsp3) is 0.100. The normalized spacial score (nSPS) is 20.6. The van der Waals surface area contributed by atoms with Gasteiger partial charge >= 0.3 is 7.12 Å². The molecule has 0 radical (unpaired) electrons. The summed E-state index contributed by atoms with van der Waals surface area (Å²) in [7, 11) is -0.341. The average molecular weight is 300 g/mol. The summed E-state index contributed by atoms with van der Waals surface area (Å²) >= 11 is 0. The minimum atomic E-state index is -0.341. The molecule has 1 aliphatic heterocycles. The molecule has 4 rings (SSSR count). The van der Waals surface area contributed by atoms with Crippen LogP contribution in [0.3, 0.4) is 0 Å². The van der Waals surface area contributed by atoms with Crippen molar-refractivity contribution in [3.8, 4) is 0 Å². The van der Waals surface area contributed by atoms with Crippen LogP contribution in [0.1, 0.15) is 23.3 Å². The Bertz CT molecular complexity index is 699. The fourth-order valence-corrected chi connectivity index (χ4v) is 3.00. The van der Waals surface area contributed by atoms with Crippen LogP contribution in [-0.2, 0) is 9.31 Å². The molecule has 0 spiro atoms. The lowest BCUT2D eigenvalue weighted by molar-refractivity contribution is 0.159. The Morgan fingerprint density at radius 1 is 0.522 bits per heavy atom. The first-order valence-electron chi connectivity index (χ1n) is 7.87. The zero-order valence-corrected chi connectivity index (χ0v) is 12.7. The molecule has 3 heteroatoms. The summed E-state index contributed by atoms with van der Waals surface area (Å²) in [5.41, 5.74) is 3.33. The van der Waals surface area contributed by atoms with E-state index >= 15 is 0 Å². The van der Waals surface area contributed by atoms with Crippen molar-refractivity contribution in [3.05, 3.63) is 102 Å². The molecule has 0 bridgehead atoms. The zero-order chi connectivity index (χ0) is 15.5. The lowest BCUT2D eigenvalue weighted by Crippen LogP contribution is -2.31. The van der Waals surface area contributed by atoms with Gasteiger partial charge in [-0.25, -0.2) is 0 Å². The van der Waals surface area contributed by atoms with Gasteiger partial charge in [0.1, 0.15) is 0 Å². The van der Waals surface area contributed by atoms with E-state index in [0.29, 0.717) is 0 Å². The topological polar surface area (TPSA) is 18.5 Å². The maximum Gasteiger partial charge on any atom is 0.494 e. The molecule has 0 amide bonds. The highest BCUT2D eigenvalue weighted by molar-refractivity contribution is 6.61. The number of rotatable bonds is 3. The second-order valence-corrected chi connectivity index (χ2v) is 5.68. The maximum absolute atomic E-state index is 6.28. The highest BCUT2D eigenvalue weighted by Gasteiger charge is 2.42. The van der Waals surface area contributed by atoms with Crippen molar-refractivity contribution >= 4 is 12.6 Å². The maximum atomic E-state index is 6.28. The van der Waals surface area contributed by atoms with Crippen molar-refractivity contribution < 1.29 is 9.31 Å². The van der Waals surface area contributed by atoms with Gasteiger partial charge < -0.3 is 9.31 Å². The minimum absolute atomic E-state index is 0.108. The van der Waals surface area contributed by atoms with Crippen molar-refractivity contribution in [2.45, 2.75) is 12.2 Å². The predicted molar refractivity (Wildman–Crippen MR) is 92.4 cm³/mol. The van der Waals surface area contributed by atoms with E-state index in [1.54, 1.807) is 0 Å². The van der Waals surface area contributed by atoms with Gasteiger partial charge in [0.25, 0.3) is 0 Å². The third-order valence-corrected chi connectivity index (χ3v) is 4.14. The molecule has 2 nitrogen and oxygen atoms in total. The lowest BCUT2D eigenvalue weighted by atomic mass is 9.79. The Hall–Kier alpha value is -2.36. The molecular weight excluding hydrogens is 283 g/mol. The molecule has 112 valence electrons. The highest BCUT2D eigenvalue weighted by Crippen LogP contribution is 2.41. The van der Waals surface area contributed by atoms with Crippen LogP contribution in [0.15, 0.2) is 91.0 Å². The Labute approximate surface area is 136 Å². The molecule has 3 aromatic rings. The summed E-state index contributed by atoms with van der Waals surface area (Å²) < 4.78 is 12.6. The third kappa shape index (κ3) is 2.94. The summed E-state index contributed by atoms with van der Waals surface area (Å²) in [5, 5.41) is 0. The van der Waals surface area contributed by atoms with Crippen LogP contribution in [0, 0.1) is 0 Å². The molecule has 2 atom stereocenters. The molecule has 0 saturated carbocycles. The van der Waals surface area contributed by atoms with E-state index in [1.807, 2.05) is 66.7 Å². The number of hydrogen-bond donors (Lipinski definition) is 0. The van der Waals surface area contributed by atoms with Gasteiger partial charge in [0.05, 0.1) is 12.2 Å². The van der Waals surface area contributed by atoms with E-state index in [-0.39, 0.29) is 19.3 Å². The van der Waals surface area contributed by atoms with Gasteiger partial charge in [-0.3, -0.25) is 0 Å². The summed E-state index contributed by atoms with van der Waals surface area (Å²) in [4.78, 5) is 0. The molecule has 0 unspecified atom stereocenters. The highest BCUT2D eigenvalue weighted by atomic mass is 16.7. The van der Waals surface area contributed by atoms with Crippen molar-refractivity contribution in [2.24, 2.45) is 0 Å². The first-order valence-corrected chi connectivity index (χ1v) is 7.87. The van der Waals surface area contributed by atoms with Crippen molar-refractivity contribution in [2.75, 3.05) is 0 Å². The standard InChI is InChI=1S/C20H17BO2/c1-4-10-16(11-5-1)19-20(17-12-6-2-7-13-17)23-21(22-19)18-14-8-3-9-15-18/h1-15,19-20H/t19-,20+. The van der Waals surface area contributed by atoms with E-state index in [4.69, 9.17) is 9.31 Å². The van der Waals surface area contributed by atoms with Gasteiger partial charge in [0, 0.05) is 0 Å². The second-order valence-electron chi connectivity index (χ2n) is 5.68. The molecule has 0 aromatic heterocycles. The first kappa shape index (κ1) is 14.3. The SMILES string of the molecule is c1ccc(B2O[C@H](c3ccccc3)[C@H](c3ccccc3)O2)cc1. The van der Waals surface area contributed by atoms with E-state index in [1.165, 1.54) is 0 Å². The Kier molecular flexibility index (Phi) is 3.97. The van der Waals surface area contributed by atoms with Crippen molar-refractivity contribution in [1.82, 2.24) is 0 Å². The smallest absolute Gasteiger partial charge is 0.397 e. The van der Waals surface area contributed by atoms with Gasteiger partial charge in [0.15, 0.2) is 0 Å². The Balaban J connectivity index is 1.70. The monoisotopic (exact) mass is 300 g/mol. The molecular formula is C20H17BO2. The zero-order valence-electron chi connectivity index (χ0n) is 12.7. The summed E-state index contributed by atoms with van der Waals surface area (Å²) in [6.45, 7) is 0. The molecule has 0 aliphatic carbocycles. The van der Waals surface area contributed by atoms with Gasteiger partial charge in [-0.05, 0) is 16.6 Å². The molecule has 0 N–H and O–H groups in total. The molecule has 23 heavy (non-hydrogen) atoms. The summed E-state index contributed by atoms with van der Waals surface area (Å²) in [5.74, 6) is 0. The first-order chi connectivity index (χ1) is 11.4. The predicted octanol–water partition coefficient (Wildman–Crippen LogP) is 3.91. The van der Waals surface area contributed by atoms with Crippen LogP contribution in [-0.4, -0.2) is 7.12 Å². The van der Waals surface area contributed by atoms with Crippen molar-refractivity contribution in [3.63, 3.8) is 0 Å². The number of benzene rings is 3. The number of hydrogen-bond acceptors (Lipinski definition) is 2. The van der Waals surface area contributed by atoms with Crippen LogP contribution >= 0.6 is 0 Å². The third-order valence-electron chi connectivity index (χ3n) is 4.14. The largest absolute Gasteiger partial charge is 0.494 e. The van der Waals surface area contributed by atoms with Crippen LogP contribution < -0.4 is 5.46 Å². The van der Waals surface area contributed by atoms with Crippen LogP contribution in [0.25, 0.3) is 0 Å². The summed E-state index contributed by atoms with van der Waals surface area (Å²) in [6, 6.07) is 30.7. The van der Waals surface area contributed by atoms with Crippen LogP contribution in [0.4, 0.5) is 0 Å². The van der Waals surface area contributed by atoms with E-state index in [2.05, 4.69) is 24.3 Å². The Morgan fingerprint density at radius 2 is 0.913 bits per heavy atom. The van der Waals surface area contributed by atoms with Gasteiger partial charge in [-0.15, -0.1) is 0 Å². The quantitative estimate of drug-likeness (QED) is 0.683. The van der Waals surface area contributed by atoms with E-state index in [0.717, 1.165) is 16.6 Å². The Morgan fingerprint density at radius 3 is 1.35 bits per heavy atom. The van der Waals surface area contributed by atoms with Crippen LogP contribution in [0.2, 0.25) is 0 Å². The second kappa shape index (κ2) is 6.41. The molecule has 1 fully saturated rings. The fourth-order valence-electron chi connectivity index (χ4n) is 3.00. The van der Waals surface area contributed by atoms with E-state index in [9.17, 15) is 0 Å².